The standard InChI is InChI=1S/C9H16O5S/c1-9(2,3)8(10)14-7-5-4-6-13-15(7,11)12/h7H,4-6H2,1-3H3. The maximum absolute atomic E-state index is 11.5. The first-order valence-corrected chi connectivity index (χ1v) is 6.30. The maximum atomic E-state index is 11.5. The molecule has 0 saturated carbocycles. The Morgan fingerprint density at radius 2 is 2.00 bits per heavy atom. The summed E-state index contributed by atoms with van der Waals surface area (Å²) in [5, 5.41) is 0. The Morgan fingerprint density at radius 3 is 2.47 bits per heavy atom. The summed E-state index contributed by atoms with van der Waals surface area (Å²) in [7, 11) is -3.72. The first kappa shape index (κ1) is 12.4. The van der Waals surface area contributed by atoms with Crippen LogP contribution >= 0.6 is 0 Å². The zero-order valence-electron chi connectivity index (χ0n) is 9.15. The second-order valence-electron chi connectivity index (χ2n) is 4.54. The topological polar surface area (TPSA) is 69.7 Å². The van der Waals surface area contributed by atoms with Crippen molar-refractivity contribution in [2.75, 3.05) is 6.61 Å². The largest absolute Gasteiger partial charge is 0.443 e. The molecule has 6 heteroatoms. The fraction of sp³-hybridized carbons (Fsp3) is 0.889. The Kier molecular flexibility index (Phi) is 3.40. The van der Waals surface area contributed by atoms with Gasteiger partial charge in [-0.1, -0.05) is 0 Å². The van der Waals surface area contributed by atoms with Crippen LogP contribution in [0.5, 0.6) is 0 Å². The first-order chi connectivity index (χ1) is 6.73. The first-order valence-electron chi connectivity index (χ1n) is 4.83. The molecule has 1 aliphatic heterocycles. The van der Waals surface area contributed by atoms with E-state index in [2.05, 4.69) is 4.18 Å². The van der Waals surface area contributed by atoms with Crippen LogP contribution in [0.4, 0.5) is 0 Å². The number of hydrogen-bond acceptors (Lipinski definition) is 5. The minimum Gasteiger partial charge on any atom is -0.443 e. The Labute approximate surface area is 89.9 Å². The molecule has 0 aliphatic carbocycles. The molecule has 1 aliphatic rings. The van der Waals surface area contributed by atoms with E-state index < -0.39 is 26.9 Å². The molecule has 0 spiro atoms. The molecular formula is C9H16O5S. The molecule has 1 atom stereocenters. The molecule has 1 fully saturated rings. The molecule has 0 aromatic carbocycles. The third-order valence-corrected chi connectivity index (χ3v) is 3.48. The van der Waals surface area contributed by atoms with Crippen LogP contribution in [0.2, 0.25) is 0 Å². The molecule has 0 N–H and O–H groups in total. The summed E-state index contributed by atoms with van der Waals surface area (Å²) < 4.78 is 32.2. The molecule has 0 aromatic rings. The fourth-order valence-electron chi connectivity index (χ4n) is 1.06. The van der Waals surface area contributed by atoms with Crippen LogP contribution in [0.15, 0.2) is 0 Å². The van der Waals surface area contributed by atoms with Crippen molar-refractivity contribution in [3.8, 4) is 0 Å². The van der Waals surface area contributed by atoms with Gasteiger partial charge in [0.15, 0.2) is 0 Å². The minimum atomic E-state index is -3.72. The Morgan fingerprint density at radius 1 is 1.40 bits per heavy atom. The van der Waals surface area contributed by atoms with Crippen LogP contribution in [0.25, 0.3) is 0 Å². The molecule has 0 bridgehead atoms. The summed E-state index contributed by atoms with van der Waals surface area (Å²) >= 11 is 0. The lowest BCUT2D eigenvalue weighted by atomic mass is 9.97. The molecule has 0 amide bonds. The average Bonchev–Trinajstić information content (AvgIpc) is 2.06. The second-order valence-corrected chi connectivity index (χ2v) is 6.29. The minimum absolute atomic E-state index is 0.173. The predicted molar refractivity (Wildman–Crippen MR) is 53.4 cm³/mol. The monoisotopic (exact) mass is 236 g/mol. The summed E-state index contributed by atoms with van der Waals surface area (Å²) in [6.07, 6.45) is 0.894. The highest BCUT2D eigenvalue weighted by Crippen LogP contribution is 2.23. The van der Waals surface area contributed by atoms with Crippen LogP contribution in [0.3, 0.4) is 0 Å². The van der Waals surface area contributed by atoms with Crippen LogP contribution in [0, 0.1) is 5.41 Å². The molecule has 5 nitrogen and oxygen atoms in total. The zero-order chi connectivity index (χ0) is 11.7. The van der Waals surface area contributed by atoms with E-state index in [-0.39, 0.29) is 6.61 Å². The molecule has 1 saturated heterocycles. The van der Waals surface area contributed by atoms with Crippen molar-refractivity contribution in [1.29, 1.82) is 0 Å². The number of esters is 1. The van der Waals surface area contributed by atoms with Crippen molar-refractivity contribution in [1.82, 2.24) is 0 Å². The molecule has 1 unspecified atom stereocenters. The normalized spacial score (nSPS) is 25.9. The van der Waals surface area contributed by atoms with E-state index in [0.29, 0.717) is 12.8 Å². The quantitative estimate of drug-likeness (QED) is 0.502. The molecule has 1 heterocycles. The summed E-state index contributed by atoms with van der Waals surface area (Å²) in [4.78, 5) is 11.5. The number of rotatable bonds is 1. The van der Waals surface area contributed by atoms with E-state index in [9.17, 15) is 13.2 Å². The lowest BCUT2D eigenvalue weighted by molar-refractivity contribution is -0.155. The highest BCUT2D eigenvalue weighted by Gasteiger charge is 2.36. The van der Waals surface area contributed by atoms with Crippen molar-refractivity contribution in [3.63, 3.8) is 0 Å². The van der Waals surface area contributed by atoms with Crippen LogP contribution in [-0.2, 0) is 23.8 Å². The van der Waals surface area contributed by atoms with E-state index in [1.807, 2.05) is 0 Å². The highest BCUT2D eigenvalue weighted by molar-refractivity contribution is 7.87. The van der Waals surface area contributed by atoms with Gasteiger partial charge in [0.2, 0.25) is 5.44 Å². The van der Waals surface area contributed by atoms with Crippen LogP contribution in [0.1, 0.15) is 33.6 Å². The van der Waals surface area contributed by atoms with Crippen molar-refractivity contribution in [2.45, 2.75) is 39.0 Å². The Hall–Kier alpha value is -0.620. The van der Waals surface area contributed by atoms with Gasteiger partial charge in [-0.15, -0.1) is 0 Å². The lowest BCUT2D eigenvalue weighted by Gasteiger charge is -2.25. The van der Waals surface area contributed by atoms with Gasteiger partial charge in [0.1, 0.15) is 0 Å². The molecular weight excluding hydrogens is 220 g/mol. The fourth-order valence-corrected chi connectivity index (χ4v) is 2.22. The summed E-state index contributed by atoms with van der Waals surface area (Å²) in [5.74, 6) is -0.526. The average molecular weight is 236 g/mol. The third-order valence-electron chi connectivity index (χ3n) is 2.00. The number of carbonyl (C=O) groups excluding carboxylic acids is 1. The smallest absolute Gasteiger partial charge is 0.312 e. The van der Waals surface area contributed by atoms with Crippen molar-refractivity contribution < 1.29 is 22.1 Å². The van der Waals surface area contributed by atoms with Crippen molar-refractivity contribution in [2.24, 2.45) is 5.41 Å². The van der Waals surface area contributed by atoms with Gasteiger partial charge in [-0.25, -0.2) is 0 Å². The van der Waals surface area contributed by atoms with Gasteiger partial charge in [-0.3, -0.25) is 8.98 Å². The van der Waals surface area contributed by atoms with Crippen molar-refractivity contribution >= 4 is 16.1 Å². The van der Waals surface area contributed by atoms with E-state index in [1.165, 1.54) is 0 Å². The van der Waals surface area contributed by atoms with Gasteiger partial charge in [0.05, 0.1) is 12.0 Å². The molecule has 0 radical (unpaired) electrons. The van der Waals surface area contributed by atoms with Crippen LogP contribution < -0.4 is 0 Å². The molecule has 1 rings (SSSR count). The summed E-state index contributed by atoms with van der Waals surface area (Å²) in [5.41, 5.74) is -1.84. The van der Waals surface area contributed by atoms with E-state index >= 15 is 0 Å². The number of carbonyl (C=O) groups is 1. The Bertz CT molecular complexity index is 338. The van der Waals surface area contributed by atoms with E-state index in [1.54, 1.807) is 20.8 Å². The number of ether oxygens (including phenoxy) is 1. The molecule has 0 aromatic heterocycles. The lowest BCUT2D eigenvalue weighted by Crippen LogP contribution is -2.36. The highest BCUT2D eigenvalue weighted by atomic mass is 32.2. The molecule has 15 heavy (non-hydrogen) atoms. The predicted octanol–water partition coefficient (Wildman–Crippen LogP) is 1.04. The molecule has 88 valence electrons. The summed E-state index contributed by atoms with van der Waals surface area (Å²) in [6.45, 7) is 5.19. The van der Waals surface area contributed by atoms with Gasteiger partial charge in [0.25, 0.3) is 0 Å². The van der Waals surface area contributed by atoms with Gasteiger partial charge >= 0.3 is 16.1 Å². The van der Waals surface area contributed by atoms with Gasteiger partial charge in [-0.05, 0) is 27.2 Å². The van der Waals surface area contributed by atoms with Gasteiger partial charge < -0.3 is 4.74 Å². The van der Waals surface area contributed by atoms with E-state index in [0.717, 1.165) is 0 Å². The van der Waals surface area contributed by atoms with E-state index in [4.69, 9.17) is 4.74 Å². The third kappa shape index (κ3) is 3.17. The maximum Gasteiger partial charge on any atom is 0.312 e. The Balaban J connectivity index is 2.69. The zero-order valence-corrected chi connectivity index (χ0v) is 9.96. The number of hydrogen-bond donors (Lipinski definition) is 0. The summed E-state index contributed by atoms with van der Waals surface area (Å²) in [6, 6.07) is 0. The van der Waals surface area contributed by atoms with Crippen molar-refractivity contribution in [3.05, 3.63) is 0 Å². The van der Waals surface area contributed by atoms with Gasteiger partial charge in [-0.2, -0.15) is 8.42 Å². The SMILES string of the molecule is CC(C)(C)C(=O)OC1CCCOS1(=O)=O. The van der Waals surface area contributed by atoms with Crippen LogP contribution in [-0.4, -0.2) is 26.4 Å². The van der Waals surface area contributed by atoms with Gasteiger partial charge in [0, 0.05) is 6.42 Å². The second kappa shape index (κ2) is 4.09.